The van der Waals surface area contributed by atoms with Gasteiger partial charge < -0.3 is 14.0 Å². The summed E-state index contributed by atoms with van der Waals surface area (Å²) >= 11 is 3.38. The molecule has 144 valence electrons. The van der Waals surface area contributed by atoms with Crippen molar-refractivity contribution in [1.82, 2.24) is 4.57 Å². The Bertz CT molecular complexity index is 839. The van der Waals surface area contributed by atoms with Crippen LogP contribution >= 0.6 is 15.9 Å². The van der Waals surface area contributed by atoms with Crippen molar-refractivity contribution >= 4 is 33.8 Å². The van der Waals surface area contributed by atoms with Crippen molar-refractivity contribution in [3.05, 3.63) is 63.4 Å². The fourth-order valence-electron chi connectivity index (χ4n) is 2.83. The number of hydrogen-bond donors (Lipinski definition) is 0. The molecule has 0 aliphatic carbocycles. The molecule has 0 aliphatic heterocycles. The average Bonchev–Trinajstić information content (AvgIpc) is 2.93. The Balaban J connectivity index is 1.93. The molecule has 0 spiro atoms. The first-order chi connectivity index (χ1) is 12.9. The molecule has 2 aromatic rings. The van der Waals surface area contributed by atoms with Crippen molar-refractivity contribution in [3.8, 4) is 0 Å². The molecule has 0 amide bonds. The third-order valence-corrected chi connectivity index (χ3v) is 4.70. The molecule has 0 saturated carbocycles. The van der Waals surface area contributed by atoms with E-state index in [0.29, 0.717) is 12.2 Å². The summed E-state index contributed by atoms with van der Waals surface area (Å²) in [6.45, 7) is 5.05. The van der Waals surface area contributed by atoms with E-state index < -0.39 is 5.97 Å². The van der Waals surface area contributed by atoms with Crippen LogP contribution in [0.15, 0.2) is 40.9 Å². The molecule has 6 heteroatoms. The lowest BCUT2D eigenvalue weighted by atomic mass is 10.1. The van der Waals surface area contributed by atoms with Crippen LogP contribution in [0.4, 0.5) is 0 Å². The number of ketones is 1. The summed E-state index contributed by atoms with van der Waals surface area (Å²) in [5, 5.41) is 0. The molecular weight excluding hydrogens is 410 g/mol. The van der Waals surface area contributed by atoms with E-state index in [1.54, 1.807) is 13.2 Å². The quantitative estimate of drug-likeness (QED) is 0.255. The zero-order valence-corrected chi connectivity index (χ0v) is 17.4. The highest BCUT2D eigenvalue weighted by Gasteiger charge is 2.16. The molecule has 27 heavy (non-hydrogen) atoms. The lowest BCUT2D eigenvalue weighted by molar-refractivity contribution is -0.136. The molecule has 0 aliphatic rings. The number of ether oxygens (including phenoxy) is 2. The summed E-state index contributed by atoms with van der Waals surface area (Å²) in [5.74, 6) is -0.748. The Morgan fingerprint density at radius 2 is 2.00 bits per heavy atom. The second kappa shape index (κ2) is 10.2. The van der Waals surface area contributed by atoms with Crippen molar-refractivity contribution in [1.29, 1.82) is 0 Å². The number of nitrogens with zero attached hydrogens (tertiary/aromatic N) is 1. The molecule has 1 aromatic carbocycles. The van der Waals surface area contributed by atoms with E-state index in [9.17, 15) is 9.59 Å². The topological polar surface area (TPSA) is 57.5 Å². The van der Waals surface area contributed by atoms with Crippen molar-refractivity contribution in [3.63, 3.8) is 0 Å². The second-order valence-electron chi connectivity index (χ2n) is 6.20. The predicted octanol–water partition coefficient (Wildman–Crippen LogP) is 4.34. The summed E-state index contributed by atoms with van der Waals surface area (Å²) in [5.41, 5.74) is 3.35. The Hall–Kier alpha value is -2.18. The number of aromatic nitrogens is 1. The fraction of sp³-hybridized carbons (Fsp3) is 0.333. The number of halogens is 1. The lowest BCUT2D eigenvalue weighted by Gasteiger charge is -2.09. The smallest absolute Gasteiger partial charge is 0.331 e. The molecule has 0 N–H and O–H groups in total. The zero-order chi connectivity index (χ0) is 19.8. The number of hydrogen-bond acceptors (Lipinski definition) is 4. The third kappa shape index (κ3) is 6.19. The van der Waals surface area contributed by atoms with Crippen LogP contribution in [-0.2, 0) is 20.8 Å². The lowest BCUT2D eigenvalue weighted by Crippen LogP contribution is -2.14. The van der Waals surface area contributed by atoms with Crippen LogP contribution in [0.25, 0.3) is 6.08 Å². The molecule has 5 nitrogen and oxygen atoms in total. The van der Waals surface area contributed by atoms with Crippen LogP contribution in [0, 0.1) is 13.8 Å². The van der Waals surface area contributed by atoms with E-state index >= 15 is 0 Å². The molecule has 0 saturated heterocycles. The first kappa shape index (κ1) is 21.1. The van der Waals surface area contributed by atoms with Gasteiger partial charge >= 0.3 is 5.97 Å². The average molecular weight is 434 g/mol. The van der Waals surface area contributed by atoms with Crippen molar-refractivity contribution in [2.75, 3.05) is 20.3 Å². The Morgan fingerprint density at radius 3 is 2.70 bits per heavy atom. The van der Waals surface area contributed by atoms with Gasteiger partial charge in [-0.3, -0.25) is 4.79 Å². The largest absolute Gasteiger partial charge is 0.454 e. The van der Waals surface area contributed by atoms with Crippen LogP contribution < -0.4 is 0 Å². The second-order valence-corrected chi connectivity index (χ2v) is 7.12. The van der Waals surface area contributed by atoms with Crippen molar-refractivity contribution in [2.24, 2.45) is 0 Å². The summed E-state index contributed by atoms with van der Waals surface area (Å²) in [6, 6.07) is 9.38. The number of benzene rings is 1. The van der Waals surface area contributed by atoms with Gasteiger partial charge in [0.2, 0.25) is 5.78 Å². The summed E-state index contributed by atoms with van der Waals surface area (Å²) in [6.07, 6.45) is 3.85. The molecule has 0 bridgehead atoms. The normalized spacial score (nSPS) is 11.1. The molecule has 0 unspecified atom stereocenters. The SMILES string of the molecule is COCCCn1c(C)cc(C(=O)COC(=O)/C=C/c2cccc(Br)c2)c1C. The zero-order valence-electron chi connectivity index (χ0n) is 15.8. The highest BCUT2D eigenvalue weighted by Crippen LogP contribution is 2.17. The van der Waals surface area contributed by atoms with E-state index in [1.165, 1.54) is 6.08 Å². The molecule has 1 aromatic heterocycles. The molecule has 2 rings (SSSR count). The van der Waals surface area contributed by atoms with E-state index in [4.69, 9.17) is 9.47 Å². The number of carbonyl (C=O) groups is 2. The first-order valence-corrected chi connectivity index (χ1v) is 9.51. The molecule has 0 atom stereocenters. The van der Waals surface area contributed by atoms with Crippen LogP contribution in [-0.4, -0.2) is 36.6 Å². The van der Waals surface area contributed by atoms with E-state index in [0.717, 1.165) is 34.4 Å². The maximum absolute atomic E-state index is 12.4. The van der Waals surface area contributed by atoms with Gasteiger partial charge in [0, 0.05) is 47.8 Å². The van der Waals surface area contributed by atoms with Gasteiger partial charge in [0.05, 0.1) is 0 Å². The third-order valence-electron chi connectivity index (χ3n) is 4.21. The van der Waals surface area contributed by atoms with E-state index in [1.807, 2.05) is 44.2 Å². The standard InChI is InChI=1S/C21H24BrNO4/c1-15-12-19(16(2)23(15)10-5-11-26-3)20(24)14-27-21(25)9-8-17-6-4-7-18(22)13-17/h4,6-9,12-13H,5,10-11,14H2,1-3H3/b9-8+. The van der Waals surface area contributed by atoms with Crippen LogP contribution in [0.2, 0.25) is 0 Å². The van der Waals surface area contributed by atoms with Gasteiger partial charge in [-0.2, -0.15) is 0 Å². The molecule has 0 radical (unpaired) electrons. The minimum absolute atomic E-state index is 0.203. The number of carbonyl (C=O) groups excluding carboxylic acids is 2. The summed E-state index contributed by atoms with van der Waals surface area (Å²) in [7, 11) is 1.67. The minimum Gasteiger partial charge on any atom is -0.454 e. The van der Waals surface area contributed by atoms with Gasteiger partial charge in [0.25, 0.3) is 0 Å². The molecule has 0 fully saturated rings. The van der Waals surface area contributed by atoms with Crippen molar-refractivity contribution < 1.29 is 19.1 Å². The van der Waals surface area contributed by atoms with Gasteiger partial charge in [0.15, 0.2) is 6.61 Å². The monoisotopic (exact) mass is 433 g/mol. The Kier molecular flexibility index (Phi) is 8.00. The fourth-order valence-corrected chi connectivity index (χ4v) is 3.25. The van der Waals surface area contributed by atoms with Gasteiger partial charge in [0.1, 0.15) is 0 Å². The van der Waals surface area contributed by atoms with Gasteiger partial charge in [-0.25, -0.2) is 4.79 Å². The summed E-state index contributed by atoms with van der Waals surface area (Å²) in [4.78, 5) is 24.3. The summed E-state index contributed by atoms with van der Waals surface area (Å²) < 4.78 is 13.2. The molecule has 1 heterocycles. The van der Waals surface area contributed by atoms with Crippen LogP contribution in [0.1, 0.15) is 33.7 Å². The first-order valence-electron chi connectivity index (χ1n) is 8.71. The van der Waals surface area contributed by atoms with E-state index in [2.05, 4.69) is 20.5 Å². The maximum atomic E-state index is 12.4. The minimum atomic E-state index is -0.544. The van der Waals surface area contributed by atoms with Crippen molar-refractivity contribution in [2.45, 2.75) is 26.8 Å². The number of methoxy groups -OCH3 is 1. The van der Waals surface area contributed by atoms with E-state index in [-0.39, 0.29) is 12.4 Å². The van der Waals surface area contributed by atoms with Gasteiger partial charge in [-0.1, -0.05) is 28.1 Å². The van der Waals surface area contributed by atoms with Crippen LogP contribution in [0.3, 0.4) is 0 Å². The van der Waals surface area contributed by atoms with Gasteiger partial charge in [-0.05, 0) is 50.1 Å². The Labute approximate surface area is 168 Å². The highest BCUT2D eigenvalue weighted by atomic mass is 79.9. The molecular formula is C21H24BrNO4. The number of esters is 1. The highest BCUT2D eigenvalue weighted by molar-refractivity contribution is 9.10. The van der Waals surface area contributed by atoms with Crippen LogP contribution in [0.5, 0.6) is 0 Å². The van der Waals surface area contributed by atoms with Gasteiger partial charge in [-0.15, -0.1) is 0 Å². The Morgan fingerprint density at radius 1 is 1.22 bits per heavy atom. The number of aryl methyl sites for hydroxylation is 1. The number of Topliss-reactive ketones (excluding diaryl/α,β-unsaturated/α-hetero) is 1. The predicted molar refractivity (Wildman–Crippen MR) is 109 cm³/mol. The number of rotatable bonds is 9. The maximum Gasteiger partial charge on any atom is 0.331 e.